The van der Waals surface area contributed by atoms with E-state index in [4.69, 9.17) is 0 Å². The summed E-state index contributed by atoms with van der Waals surface area (Å²) in [5.41, 5.74) is 0. The number of nitrogens with zero attached hydrogens (tertiary/aromatic N) is 1. The van der Waals surface area contributed by atoms with E-state index < -0.39 is 6.09 Å². The molecule has 2 aliphatic rings. The summed E-state index contributed by atoms with van der Waals surface area (Å²) in [6.07, 6.45) is 0.0789. The van der Waals surface area contributed by atoms with Gasteiger partial charge in [-0.05, 0) is 18.9 Å². The van der Waals surface area contributed by atoms with E-state index in [0.29, 0.717) is 25.0 Å². The largest absolute Gasteiger partial charge is 0.530 e. The molecule has 2 fully saturated rings. The monoisotopic (exact) mass is 155 g/mol. The summed E-state index contributed by atoms with van der Waals surface area (Å²) in [4.78, 5) is 11.8. The molecule has 2 aliphatic heterocycles. The molecule has 0 spiro atoms. The first-order chi connectivity index (χ1) is 5.27. The van der Waals surface area contributed by atoms with Crippen LogP contribution in [0.25, 0.3) is 0 Å². The molecule has 0 aromatic heterocycles. The SMILES string of the molecule is O=C([O-])N1C[C@@H]2CCN[C@@H]2C1. The summed E-state index contributed by atoms with van der Waals surface area (Å²) in [5, 5.41) is 13.7. The van der Waals surface area contributed by atoms with Gasteiger partial charge in [-0.25, -0.2) is 0 Å². The van der Waals surface area contributed by atoms with Crippen molar-refractivity contribution in [2.75, 3.05) is 19.6 Å². The third-order valence-corrected chi connectivity index (χ3v) is 2.62. The molecule has 4 nitrogen and oxygen atoms in total. The first kappa shape index (κ1) is 6.91. The number of carboxylic acid groups (broad SMARTS) is 1. The van der Waals surface area contributed by atoms with Gasteiger partial charge in [0.2, 0.25) is 0 Å². The highest BCUT2D eigenvalue weighted by molar-refractivity contribution is 5.63. The Hall–Kier alpha value is -0.770. The number of carbonyl (C=O) groups is 1. The Morgan fingerprint density at radius 3 is 3.00 bits per heavy atom. The van der Waals surface area contributed by atoms with Crippen molar-refractivity contribution < 1.29 is 9.90 Å². The molecule has 2 rings (SSSR count). The van der Waals surface area contributed by atoms with Crippen molar-refractivity contribution in [3.63, 3.8) is 0 Å². The molecule has 11 heavy (non-hydrogen) atoms. The van der Waals surface area contributed by atoms with Crippen LogP contribution in [-0.4, -0.2) is 36.7 Å². The fourth-order valence-corrected chi connectivity index (χ4v) is 2.00. The molecular formula is C7H11N2O2-. The van der Waals surface area contributed by atoms with Crippen molar-refractivity contribution >= 4 is 6.09 Å². The fraction of sp³-hybridized carbons (Fsp3) is 0.857. The summed E-state index contributed by atoms with van der Waals surface area (Å²) in [5.74, 6) is 0.535. The highest BCUT2D eigenvalue weighted by Crippen LogP contribution is 2.23. The maximum Gasteiger partial charge on any atom is 0.136 e. The van der Waals surface area contributed by atoms with E-state index in [2.05, 4.69) is 5.32 Å². The van der Waals surface area contributed by atoms with Crippen LogP contribution in [0.3, 0.4) is 0 Å². The Morgan fingerprint density at radius 2 is 2.36 bits per heavy atom. The zero-order chi connectivity index (χ0) is 7.84. The molecule has 0 aromatic rings. The molecule has 62 valence electrons. The normalized spacial score (nSPS) is 35.8. The van der Waals surface area contributed by atoms with Crippen LogP contribution in [0.1, 0.15) is 6.42 Å². The third kappa shape index (κ3) is 1.07. The van der Waals surface area contributed by atoms with Crippen molar-refractivity contribution in [3.05, 3.63) is 0 Å². The lowest BCUT2D eigenvalue weighted by Gasteiger charge is -2.19. The number of hydrogen-bond acceptors (Lipinski definition) is 3. The van der Waals surface area contributed by atoms with Gasteiger partial charge in [0, 0.05) is 19.1 Å². The van der Waals surface area contributed by atoms with Crippen molar-refractivity contribution in [2.24, 2.45) is 5.92 Å². The van der Waals surface area contributed by atoms with E-state index in [1.165, 1.54) is 4.90 Å². The standard InChI is InChI=1S/C7H12N2O2/c10-7(11)9-3-5-1-2-8-6(5)4-9/h5-6,8H,1-4H2,(H,10,11)/p-1/t5-,6+/m0/s1. The third-order valence-electron chi connectivity index (χ3n) is 2.62. The van der Waals surface area contributed by atoms with Crippen LogP contribution >= 0.6 is 0 Å². The van der Waals surface area contributed by atoms with E-state index in [0.717, 1.165) is 13.0 Å². The van der Waals surface area contributed by atoms with E-state index in [1.54, 1.807) is 0 Å². The molecular weight excluding hydrogens is 144 g/mol. The van der Waals surface area contributed by atoms with Gasteiger partial charge >= 0.3 is 0 Å². The zero-order valence-corrected chi connectivity index (χ0v) is 6.25. The number of amides is 1. The zero-order valence-electron chi connectivity index (χ0n) is 6.25. The molecule has 0 aliphatic carbocycles. The summed E-state index contributed by atoms with van der Waals surface area (Å²) in [6, 6.07) is 0.396. The quantitative estimate of drug-likeness (QED) is 0.469. The lowest BCUT2D eigenvalue weighted by Crippen LogP contribution is -2.41. The second-order valence-corrected chi connectivity index (χ2v) is 3.28. The maximum atomic E-state index is 10.4. The van der Waals surface area contributed by atoms with Crippen molar-refractivity contribution in [3.8, 4) is 0 Å². The van der Waals surface area contributed by atoms with Crippen LogP contribution in [-0.2, 0) is 0 Å². The van der Waals surface area contributed by atoms with Crippen LogP contribution < -0.4 is 10.4 Å². The van der Waals surface area contributed by atoms with Gasteiger partial charge in [-0.2, -0.15) is 0 Å². The summed E-state index contributed by atoms with van der Waals surface area (Å²) < 4.78 is 0. The highest BCUT2D eigenvalue weighted by Gasteiger charge is 2.35. The van der Waals surface area contributed by atoms with Gasteiger partial charge in [0.15, 0.2) is 0 Å². The number of rotatable bonds is 0. The van der Waals surface area contributed by atoms with E-state index in [-0.39, 0.29) is 0 Å². The van der Waals surface area contributed by atoms with Gasteiger partial charge < -0.3 is 20.1 Å². The molecule has 0 saturated carbocycles. The molecule has 0 aromatic carbocycles. The number of nitrogens with one attached hydrogen (secondary N) is 1. The molecule has 2 saturated heterocycles. The van der Waals surface area contributed by atoms with Crippen LogP contribution in [0.4, 0.5) is 4.79 Å². The average molecular weight is 155 g/mol. The Morgan fingerprint density at radius 1 is 1.55 bits per heavy atom. The predicted molar refractivity (Wildman–Crippen MR) is 36.9 cm³/mol. The van der Waals surface area contributed by atoms with E-state index in [9.17, 15) is 9.90 Å². The summed E-state index contributed by atoms with van der Waals surface area (Å²) in [7, 11) is 0. The summed E-state index contributed by atoms with van der Waals surface area (Å²) in [6.45, 7) is 2.32. The number of carbonyl (C=O) groups excluding carboxylic acids is 1. The molecule has 0 bridgehead atoms. The molecule has 1 amide bonds. The molecule has 2 atom stereocenters. The second kappa shape index (κ2) is 2.37. The number of hydrogen-bond donors (Lipinski definition) is 1. The Kier molecular flexibility index (Phi) is 1.49. The minimum Gasteiger partial charge on any atom is -0.530 e. The first-order valence-corrected chi connectivity index (χ1v) is 3.96. The maximum absolute atomic E-state index is 10.4. The van der Waals surface area contributed by atoms with Crippen molar-refractivity contribution in [2.45, 2.75) is 12.5 Å². The van der Waals surface area contributed by atoms with Crippen molar-refractivity contribution in [1.29, 1.82) is 0 Å². The Labute approximate surface area is 65.2 Å². The van der Waals surface area contributed by atoms with Gasteiger partial charge in [-0.3, -0.25) is 0 Å². The lowest BCUT2D eigenvalue weighted by atomic mass is 10.1. The van der Waals surface area contributed by atoms with Crippen LogP contribution in [0.2, 0.25) is 0 Å². The summed E-state index contributed by atoms with van der Waals surface area (Å²) >= 11 is 0. The molecule has 0 unspecified atom stereocenters. The van der Waals surface area contributed by atoms with Crippen molar-refractivity contribution in [1.82, 2.24) is 10.2 Å². The average Bonchev–Trinajstić information content (AvgIpc) is 2.40. The van der Waals surface area contributed by atoms with Gasteiger partial charge in [-0.1, -0.05) is 0 Å². The minimum atomic E-state index is -1.03. The van der Waals surface area contributed by atoms with Crippen LogP contribution in [0.5, 0.6) is 0 Å². The number of likely N-dealkylation sites (tertiary alicyclic amines) is 1. The second-order valence-electron chi connectivity index (χ2n) is 3.28. The highest BCUT2D eigenvalue weighted by atomic mass is 16.4. The fourth-order valence-electron chi connectivity index (χ4n) is 2.00. The number of fused-ring (bicyclic) bond motifs is 1. The topological polar surface area (TPSA) is 55.4 Å². The van der Waals surface area contributed by atoms with Crippen LogP contribution in [0.15, 0.2) is 0 Å². The molecule has 2 heterocycles. The Bertz CT molecular complexity index is 171. The minimum absolute atomic E-state index is 0.396. The smallest absolute Gasteiger partial charge is 0.136 e. The molecule has 0 radical (unpaired) electrons. The predicted octanol–water partition coefficient (Wildman–Crippen LogP) is -1.38. The molecule has 1 N–H and O–H groups in total. The van der Waals surface area contributed by atoms with Gasteiger partial charge in [0.05, 0.1) is 0 Å². The Balaban J connectivity index is 1.99. The van der Waals surface area contributed by atoms with Gasteiger partial charge in [-0.15, -0.1) is 0 Å². The first-order valence-electron chi connectivity index (χ1n) is 3.96. The van der Waals surface area contributed by atoms with Crippen LogP contribution in [0, 0.1) is 5.92 Å². The molecule has 4 heteroatoms. The van der Waals surface area contributed by atoms with E-state index in [1.807, 2.05) is 0 Å². The van der Waals surface area contributed by atoms with E-state index >= 15 is 0 Å². The van der Waals surface area contributed by atoms with Gasteiger partial charge in [0.25, 0.3) is 0 Å². The van der Waals surface area contributed by atoms with Gasteiger partial charge in [0.1, 0.15) is 6.09 Å². The lowest BCUT2D eigenvalue weighted by molar-refractivity contribution is -0.264.